The molecule has 1 aromatic rings. The summed E-state index contributed by atoms with van der Waals surface area (Å²) in [6, 6.07) is 6.65. The number of hydrogen-bond acceptors (Lipinski definition) is 4. The molecule has 0 saturated carbocycles. The van der Waals surface area contributed by atoms with Crippen LogP contribution in [0.3, 0.4) is 0 Å². The molecule has 0 radical (unpaired) electrons. The number of carbonyl (C=O) groups is 2. The Morgan fingerprint density at radius 1 is 1.07 bits per heavy atom. The van der Waals surface area contributed by atoms with Gasteiger partial charge in [0.05, 0.1) is 6.54 Å². The lowest BCUT2D eigenvalue weighted by Crippen LogP contribution is -2.51. The minimum absolute atomic E-state index is 0.179. The van der Waals surface area contributed by atoms with Gasteiger partial charge in [-0.05, 0) is 42.5 Å². The van der Waals surface area contributed by atoms with Crippen LogP contribution in [-0.2, 0) is 19.8 Å². The summed E-state index contributed by atoms with van der Waals surface area (Å²) in [6.07, 6.45) is 1.01. The molecule has 156 valence electrons. The third-order valence-electron chi connectivity index (χ3n) is 4.65. The van der Waals surface area contributed by atoms with Crippen LogP contribution in [0.2, 0.25) is 0 Å². The van der Waals surface area contributed by atoms with Crippen LogP contribution in [0.25, 0.3) is 0 Å². The molecule has 2 amide bonds. The molecule has 0 bridgehead atoms. The van der Waals surface area contributed by atoms with Crippen molar-refractivity contribution < 1.29 is 18.0 Å². The largest absolute Gasteiger partial charge is 0.326 e. The Kier molecular flexibility index (Phi) is 7.56. The molecule has 8 nitrogen and oxygen atoms in total. The molecule has 0 aromatic heterocycles. The first-order valence-corrected chi connectivity index (χ1v) is 10.9. The van der Waals surface area contributed by atoms with E-state index in [0.29, 0.717) is 36.3 Å². The average Bonchev–Trinajstić information content (AvgIpc) is 2.60. The van der Waals surface area contributed by atoms with E-state index in [1.54, 1.807) is 31.2 Å². The van der Waals surface area contributed by atoms with Gasteiger partial charge in [0.1, 0.15) is 0 Å². The van der Waals surface area contributed by atoms with Crippen LogP contribution in [0, 0.1) is 11.8 Å². The minimum Gasteiger partial charge on any atom is -0.326 e. The lowest BCUT2D eigenvalue weighted by atomic mass is 9.94. The van der Waals surface area contributed by atoms with Gasteiger partial charge in [-0.15, -0.1) is 0 Å². The molecule has 1 heterocycles. The van der Waals surface area contributed by atoms with Crippen LogP contribution in [0.4, 0.5) is 11.4 Å². The molecule has 1 fully saturated rings. The Labute approximate surface area is 167 Å². The van der Waals surface area contributed by atoms with E-state index in [-0.39, 0.29) is 19.0 Å². The van der Waals surface area contributed by atoms with E-state index in [1.165, 1.54) is 15.5 Å². The number of rotatable bonds is 7. The van der Waals surface area contributed by atoms with Gasteiger partial charge in [0.2, 0.25) is 11.8 Å². The molecule has 1 aliphatic rings. The number of benzene rings is 1. The third kappa shape index (κ3) is 6.02. The second kappa shape index (κ2) is 9.49. The number of anilines is 2. The number of piperidine rings is 1. The van der Waals surface area contributed by atoms with E-state index >= 15 is 0 Å². The Hall–Kier alpha value is -1.97. The van der Waals surface area contributed by atoms with Crippen molar-refractivity contribution in [2.24, 2.45) is 11.8 Å². The number of hydrogen-bond donors (Lipinski definition) is 2. The Balaban J connectivity index is 2.01. The second-order valence-corrected chi connectivity index (χ2v) is 9.43. The maximum atomic E-state index is 13.0. The maximum Gasteiger partial charge on any atom is 0.282 e. The van der Waals surface area contributed by atoms with Crippen molar-refractivity contribution in [3.63, 3.8) is 0 Å². The van der Waals surface area contributed by atoms with Gasteiger partial charge in [0.25, 0.3) is 10.2 Å². The van der Waals surface area contributed by atoms with Crippen molar-refractivity contribution in [3.05, 3.63) is 24.3 Å². The molecular weight excluding hydrogens is 380 g/mol. The van der Waals surface area contributed by atoms with Crippen molar-refractivity contribution in [3.8, 4) is 0 Å². The summed E-state index contributed by atoms with van der Waals surface area (Å²) >= 11 is 0. The first-order chi connectivity index (χ1) is 13.1. The van der Waals surface area contributed by atoms with E-state index in [9.17, 15) is 18.0 Å². The summed E-state index contributed by atoms with van der Waals surface area (Å²) in [5.41, 5.74) is 1.16. The van der Waals surface area contributed by atoms with Crippen molar-refractivity contribution in [2.45, 2.75) is 34.1 Å². The van der Waals surface area contributed by atoms with E-state index in [2.05, 4.69) is 10.6 Å². The van der Waals surface area contributed by atoms with Crippen LogP contribution < -0.4 is 10.6 Å². The zero-order chi connectivity index (χ0) is 20.9. The van der Waals surface area contributed by atoms with E-state index in [4.69, 9.17) is 0 Å². The fourth-order valence-electron chi connectivity index (χ4n) is 3.51. The average molecular weight is 411 g/mol. The van der Waals surface area contributed by atoms with Crippen molar-refractivity contribution in [1.29, 1.82) is 0 Å². The summed E-state index contributed by atoms with van der Waals surface area (Å²) in [4.78, 5) is 23.4. The minimum atomic E-state index is -3.69. The molecule has 1 saturated heterocycles. The molecule has 2 N–H and O–H groups in total. The number of likely N-dealkylation sites (N-methyl/N-ethyl adjacent to an activating group) is 1. The highest BCUT2D eigenvalue weighted by Gasteiger charge is 2.34. The van der Waals surface area contributed by atoms with E-state index in [1.807, 2.05) is 13.8 Å². The van der Waals surface area contributed by atoms with Gasteiger partial charge in [0.15, 0.2) is 0 Å². The lowest BCUT2D eigenvalue weighted by molar-refractivity contribution is -0.116. The lowest BCUT2D eigenvalue weighted by Gasteiger charge is -2.36. The molecule has 2 atom stereocenters. The maximum absolute atomic E-state index is 13.0. The molecule has 28 heavy (non-hydrogen) atoms. The quantitative estimate of drug-likeness (QED) is 0.719. The van der Waals surface area contributed by atoms with Crippen molar-refractivity contribution in [1.82, 2.24) is 8.61 Å². The normalized spacial score (nSPS) is 20.8. The van der Waals surface area contributed by atoms with Crippen molar-refractivity contribution in [2.75, 3.05) is 36.8 Å². The molecule has 0 aliphatic carbocycles. The number of nitrogens with one attached hydrogen (secondary N) is 2. The van der Waals surface area contributed by atoms with E-state index < -0.39 is 16.1 Å². The van der Waals surface area contributed by atoms with Crippen molar-refractivity contribution >= 4 is 33.4 Å². The Morgan fingerprint density at radius 3 is 2.04 bits per heavy atom. The summed E-state index contributed by atoms with van der Waals surface area (Å²) in [5, 5.41) is 5.35. The van der Waals surface area contributed by atoms with Crippen LogP contribution in [0.5, 0.6) is 0 Å². The number of nitrogens with zero attached hydrogens (tertiary/aromatic N) is 2. The molecule has 9 heteroatoms. The molecule has 0 spiro atoms. The molecular formula is C19H30N4O4S. The van der Waals surface area contributed by atoms with Crippen LogP contribution in [-0.4, -0.2) is 55.0 Å². The SMILES string of the molecule is CCN(CC(=O)Nc1ccc(NC(C)=O)cc1)S(=O)(=O)N1C[C@@H](C)C[C@H](C)C1. The zero-order valence-electron chi connectivity index (χ0n) is 16.9. The summed E-state index contributed by atoms with van der Waals surface area (Å²) < 4.78 is 28.6. The van der Waals surface area contributed by atoms with Crippen LogP contribution in [0.1, 0.15) is 34.1 Å². The summed E-state index contributed by atoms with van der Waals surface area (Å²) in [6.45, 7) is 8.17. The topological polar surface area (TPSA) is 98.8 Å². The summed E-state index contributed by atoms with van der Waals surface area (Å²) in [7, 11) is -3.69. The van der Waals surface area contributed by atoms with Gasteiger partial charge in [-0.3, -0.25) is 9.59 Å². The smallest absolute Gasteiger partial charge is 0.282 e. The standard InChI is InChI=1S/C19H30N4O4S/c1-5-22(28(26,27)23-11-14(2)10-15(3)12-23)13-19(25)21-18-8-6-17(7-9-18)20-16(4)24/h6-9,14-15H,5,10-13H2,1-4H3,(H,20,24)(H,21,25)/t14-,15-/m0/s1. The Morgan fingerprint density at radius 2 is 1.57 bits per heavy atom. The first-order valence-electron chi connectivity index (χ1n) is 9.54. The van der Waals surface area contributed by atoms with Gasteiger partial charge in [0, 0.05) is 37.9 Å². The highest BCUT2D eigenvalue weighted by atomic mass is 32.2. The summed E-state index contributed by atoms with van der Waals surface area (Å²) in [5.74, 6) is 0.0131. The number of amides is 2. The van der Waals surface area contributed by atoms with Gasteiger partial charge in [-0.1, -0.05) is 20.8 Å². The fraction of sp³-hybridized carbons (Fsp3) is 0.579. The van der Waals surface area contributed by atoms with Gasteiger partial charge >= 0.3 is 0 Å². The predicted octanol–water partition coefficient (Wildman–Crippen LogP) is 2.13. The molecule has 1 aromatic carbocycles. The first kappa shape index (κ1) is 22.3. The molecule has 0 unspecified atom stereocenters. The number of carbonyl (C=O) groups excluding carboxylic acids is 2. The van der Waals surface area contributed by atoms with Crippen LogP contribution >= 0.6 is 0 Å². The predicted molar refractivity (Wildman–Crippen MR) is 110 cm³/mol. The Bertz CT molecular complexity index is 785. The van der Waals surface area contributed by atoms with Gasteiger partial charge in [-0.2, -0.15) is 17.0 Å². The monoisotopic (exact) mass is 410 g/mol. The molecule has 2 rings (SSSR count). The van der Waals surface area contributed by atoms with E-state index in [0.717, 1.165) is 6.42 Å². The third-order valence-corrected chi connectivity index (χ3v) is 6.64. The zero-order valence-corrected chi connectivity index (χ0v) is 17.8. The highest BCUT2D eigenvalue weighted by Crippen LogP contribution is 2.24. The molecule has 1 aliphatic heterocycles. The van der Waals surface area contributed by atoms with Crippen LogP contribution in [0.15, 0.2) is 24.3 Å². The second-order valence-electron chi connectivity index (χ2n) is 7.50. The fourth-order valence-corrected chi connectivity index (χ4v) is 5.33. The highest BCUT2D eigenvalue weighted by molar-refractivity contribution is 7.86. The van der Waals surface area contributed by atoms with Gasteiger partial charge < -0.3 is 10.6 Å². The van der Waals surface area contributed by atoms with Gasteiger partial charge in [-0.25, -0.2) is 0 Å².